The molecule has 2 amide bonds. The van der Waals surface area contributed by atoms with Crippen LogP contribution in [0.25, 0.3) is 0 Å². The molecule has 0 aliphatic heterocycles. The van der Waals surface area contributed by atoms with Crippen LogP contribution >= 0.6 is 0 Å². The lowest BCUT2D eigenvalue weighted by molar-refractivity contribution is -0.162. The Morgan fingerprint density at radius 2 is 1.70 bits per heavy atom. The van der Waals surface area contributed by atoms with E-state index in [1.54, 1.807) is 6.92 Å². The van der Waals surface area contributed by atoms with Crippen LogP contribution in [0.4, 0.5) is 14.9 Å². The molecule has 0 spiro atoms. The zero-order valence-electron chi connectivity index (χ0n) is 23.0. The van der Waals surface area contributed by atoms with Crippen LogP contribution in [0.1, 0.15) is 28.8 Å². The summed E-state index contributed by atoms with van der Waals surface area (Å²) >= 11 is 0. The fraction of sp³-hybridized carbons (Fsp3) is 0.310. The van der Waals surface area contributed by atoms with Gasteiger partial charge in [-0.3, -0.25) is 24.6 Å². The smallest absolute Gasteiger partial charge is 0.417 e. The number of fused-ring (bicyclic) bond motifs is 3. The second kappa shape index (κ2) is 10.2. The number of likely N-dealkylation sites (N-methyl/N-ethyl adjacent to an activating group) is 1. The monoisotopic (exact) mass is 597 g/mol. The highest BCUT2D eigenvalue weighted by molar-refractivity contribution is 6.25. The summed E-state index contributed by atoms with van der Waals surface area (Å²) in [6, 6.07) is 5.83. The molecule has 14 heteroatoms. The van der Waals surface area contributed by atoms with E-state index in [9.17, 15) is 49.1 Å². The van der Waals surface area contributed by atoms with Gasteiger partial charge in [0.1, 0.15) is 28.7 Å². The lowest BCUT2D eigenvalue weighted by Crippen LogP contribution is -2.68. The van der Waals surface area contributed by atoms with Crippen LogP contribution < -0.4 is 15.8 Å². The molecular weight excluding hydrogens is 569 g/mol. The molecule has 0 heterocycles. The predicted molar refractivity (Wildman–Crippen MR) is 146 cm³/mol. The fourth-order valence-electron chi connectivity index (χ4n) is 6.47. The molecule has 0 bridgehead atoms. The van der Waals surface area contributed by atoms with Gasteiger partial charge < -0.3 is 36.0 Å². The molecule has 43 heavy (non-hydrogen) atoms. The molecule has 6 atom stereocenters. The Kier molecular flexibility index (Phi) is 7.03. The van der Waals surface area contributed by atoms with Gasteiger partial charge in [-0.1, -0.05) is 13.0 Å². The highest BCUT2D eigenvalue weighted by Gasteiger charge is 2.67. The predicted octanol–water partition coefficient (Wildman–Crippen LogP) is 1.40. The van der Waals surface area contributed by atoms with Crippen LogP contribution in [0.5, 0.6) is 11.5 Å². The number of phenols is 1. The van der Waals surface area contributed by atoms with E-state index in [2.05, 4.69) is 5.32 Å². The first-order valence-corrected chi connectivity index (χ1v) is 13.1. The van der Waals surface area contributed by atoms with Gasteiger partial charge in [-0.2, -0.15) is 0 Å². The molecule has 2 aromatic carbocycles. The van der Waals surface area contributed by atoms with E-state index in [0.29, 0.717) is 0 Å². The average molecular weight is 598 g/mol. The third kappa shape index (κ3) is 4.25. The molecule has 5 rings (SSSR count). The van der Waals surface area contributed by atoms with E-state index in [0.717, 1.165) is 12.1 Å². The van der Waals surface area contributed by atoms with Crippen molar-refractivity contribution in [2.45, 2.75) is 30.6 Å². The number of hydrogen-bond acceptors (Lipinski definition) is 11. The number of aliphatic hydroxyl groups is 4. The summed E-state index contributed by atoms with van der Waals surface area (Å²) in [5.74, 6) is -10.9. The molecule has 0 saturated carbocycles. The van der Waals surface area contributed by atoms with Gasteiger partial charge in [0.05, 0.1) is 29.3 Å². The topological polar surface area (TPSA) is 220 Å². The minimum absolute atomic E-state index is 0.0125. The van der Waals surface area contributed by atoms with Gasteiger partial charge in [-0.25, -0.2) is 9.18 Å². The normalized spacial score (nSPS) is 28.3. The number of Topliss-reactive ketones (excluding diaryl/α,β-unsaturated/α-hetero) is 2. The number of rotatable bonds is 4. The van der Waals surface area contributed by atoms with Crippen LogP contribution in [0.15, 0.2) is 59.1 Å². The van der Waals surface area contributed by atoms with E-state index < -0.39 is 93.3 Å². The van der Waals surface area contributed by atoms with Crippen molar-refractivity contribution in [3.8, 4) is 11.5 Å². The number of aliphatic hydroxyl groups excluding tert-OH is 3. The van der Waals surface area contributed by atoms with Crippen molar-refractivity contribution >= 4 is 29.3 Å². The van der Waals surface area contributed by atoms with E-state index in [1.165, 1.54) is 43.3 Å². The number of carbonyl (C=O) groups is 4. The van der Waals surface area contributed by atoms with Gasteiger partial charge in [-0.05, 0) is 55.9 Å². The average Bonchev–Trinajstić information content (AvgIpc) is 2.93. The number of nitrogens with two attached hydrogens (primary N) is 1. The molecular formula is C29H28FN3O10. The minimum Gasteiger partial charge on any atom is -0.510 e. The fourth-order valence-corrected chi connectivity index (χ4v) is 6.47. The standard InChI is InChI=1S/C29H28FN3O10/c1-10-13-8-9-14(32-28(41)43-12-6-4-11(30)5-7-12)21(34)16(13)22(35)17-15(10)23(36)19-20(33(2)3)24(37)18(27(31)40)26(39)29(19,42)25(17)38/h4-10,15,19-20,23,34,36-38,42H,1-3H3,(H2,31,40)(H,32,41)/t10-,15+,19+,20-,23-,29-/m0/s1. The lowest BCUT2D eigenvalue weighted by atomic mass is 9.55. The molecule has 3 aliphatic rings. The number of halogens is 1. The van der Waals surface area contributed by atoms with Crippen LogP contribution in [-0.2, 0) is 9.59 Å². The number of primary amides is 1. The second-order valence-corrected chi connectivity index (χ2v) is 10.9. The maximum absolute atomic E-state index is 13.9. The SMILES string of the molecule is C[C@H]1c2ccc(NC(=O)Oc3ccc(F)cc3)c(O)c2C(=O)C2=C(O)[C@]3(O)C(=O)C(C(N)=O)=C(O)[C@@H](N(C)C)[C@@H]3[C@@H](O)[C@@H]21. The molecule has 2 aromatic rings. The van der Waals surface area contributed by atoms with Crippen molar-refractivity contribution in [1.29, 1.82) is 0 Å². The van der Waals surface area contributed by atoms with Crippen LogP contribution in [-0.4, -0.2) is 85.8 Å². The molecule has 8 N–H and O–H groups in total. The quantitative estimate of drug-likeness (QED) is 0.197. The molecule has 0 aromatic heterocycles. The van der Waals surface area contributed by atoms with Crippen LogP contribution in [0.2, 0.25) is 0 Å². The number of amides is 2. The first-order chi connectivity index (χ1) is 20.1. The molecule has 13 nitrogen and oxygen atoms in total. The number of nitrogens with one attached hydrogen (secondary N) is 1. The minimum atomic E-state index is -3.05. The number of ketones is 2. The van der Waals surface area contributed by atoms with Crippen molar-refractivity contribution < 1.29 is 53.8 Å². The highest BCUT2D eigenvalue weighted by Crippen LogP contribution is 2.56. The molecule has 226 valence electrons. The van der Waals surface area contributed by atoms with Gasteiger partial charge in [0.25, 0.3) is 5.91 Å². The van der Waals surface area contributed by atoms with Crippen molar-refractivity contribution in [3.05, 3.63) is 76.0 Å². The Balaban J connectivity index is 1.61. The van der Waals surface area contributed by atoms with Crippen molar-refractivity contribution in [2.75, 3.05) is 19.4 Å². The zero-order chi connectivity index (χ0) is 31.7. The Morgan fingerprint density at radius 3 is 2.28 bits per heavy atom. The van der Waals surface area contributed by atoms with Crippen molar-refractivity contribution in [1.82, 2.24) is 4.90 Å². The number of phenolic OH excluding ortho intramolecular Hbond substituents is 1. The van der Waals surface area contributed by atoms with Crippen molar-refractivity contribution in [2.24, 2.45) is 17.6 Å². The number of nitrogens with zero attached hydrogens (tertiary/aromatic N) is 1. The Bertz CT molecular complexity index is 1650. The first kappa shape index (κ1) is 29.7. The molecule has 3 aliphatic carbocycles. The maximum atomic E-state index is 13.9. The molecule has 0 unspecified atom stereocenters. The third-order valence-corrected chi connectivity index (χ3v) is 8.39. The van der Waals surface area contributed by atoms with Gasteiger partial charge in [0.2, 0.25) is 5.78 Å². The number of carbonyl (C=O) groups excluding carboxylic acids is 4. The molecule has 0 radical (unpaired) electrons. The van der Waals surface area contributed by atoms with Crippen LogP contribution in [0.3, 0.4) is 0 Å². The number of anilines is 1. The summed E-state index contributed by atoms with van der Waals surface area (Å²) < 4.78 is 18.2. The summed E-state index contributed by atoms with van der Waals surface area (Å²) in [6.45, 7) is 1.58. The molecule has 0 saturated heterocycles. The number of hydrogen-bond donors (Lipinski definition) is 7. The van der Waals surface area contributed by atoms with Gasteiger partial charge in [0.15, 0.2) is 17.1 Å². The lowest BCUT2D eigenvalue weighted by Gasteiger charge is -2.53. The van der Waals surface area contributed by atoms with Gasteiger partial charge >= 0.3 is 6.09 Å². The highest BCUT2D eigenvalue weighted by atomic mass is 19.1. The second-order valence-electron chi connectivity index (χ2n) is 10.9. The maximum Gasteiger partial charge on any atom is 0.417 e. The summed E-state index contributed by atoms with van der Waals surface area (Å²) in [4.78, 5) is 53.3. The third-order valence-electron chi connectivity index (χ3n) is 8.39. The number of ether oxygens (including phenoxy) is 1. The zero-order valence-corrected chi connectivity index (χ0v) is 23.0. The Labute approximate surface area is 243 Å². The van der Waals surface area contributed by atoms with E-state index in [4.69, 9.17) is 10.5 Å². The Morgan fingerprint density at radius 1 is 1.07 bits per heavy atom. The molecule has 0 fully saturated rings. The van der Waals surface area contributed by atoms with E-state index >= 15 is 0 Å². The van der Waals surface area contributed by atoms with Gasteiger partial charge in [0, 0.05) is 11.5 Å². The van der Waals surface area contributed by atoms with Gasteiger partial charge in [-0.15, -0.1) is 0 Å². The summed E-state index contributed by atoms with van der Waals surface area (Å²) in [6.07, 6.45) is -2.82. The van der Waals surface area contributed by atoms with Crippen molar-refractivity contribution in [3.63, 3.8) is 0 Å². The summed E-state index contributed by atoms with van der Waals surface area (Å²) in [5.41, 5.74) is 0.229. The van der Waals surface area contributed by atoms with Crippen LogP contribution in [0, 0.1) is 17.7 Å². The van der Waals surface area contributed by atoms with E-state index in [-0.39, 0.29) is 22.6 Å². The Hall–Kier alpha value is -4.79. The number of benzene rings is 2. The van der Waals surface area contributed by atoms with E-state index in [1.807, 2.05) is 0 Å². The number of aromatic hydroxyl groups is 1. The summed E-state index contributed by atoms with van der Waals surface area (Å²) in [7, 11) is 2.88. The largest absolute Gasteiger partial charge is 0.510 e. The summed E-state index contributed by atoms with van der Waals surface area (Å²) in [5, 5.41) is 59.0. The first-order valence-electron chi connectivity index (χ1n) is 13.1.